The third-order valence-corrected chi connectivity index (χ3v) is 6.38. The number of hydrogen-bond donors (Lipinski definition) is 2. The van der Waals surface area contributed by atoms with Crippen molar-refractivity contribution in [2.45, 2.75) is 37.9 Å². The molecule has 1 aliphatic rings. The normalized spacial score (nSPS) is 13.5. The zero-order valence-electron chi connectivity index (χ0n) is 21.0. The molecule has 3 amide bonds. The van der Waals surface area contributed by atoms with Crippen molar-refractivity contribution in [2.24, 2.45) is 5.73 Å². The van der Waals surface area contributed by atoms with Crippen LogP contribution in [0.25, 0.3) is 0 Å². The van der Waals surface area contributed by atoms with E-state index in [2.05, 4.69) is 5.32 Å². The number of amides is 3. The van der Waals surface area contributed by atoms with E-state index in [1.807, 2.05) is 0 Å². The van der Waals surface area contributed by atoms with E-state index in [-0.39, 0.29) is 44.2 Å². The molecular weight excluding hydrogens is 538 g/mol. The Balaban J connectivity index is 1.70. The lowest BCUT2D eigenvalue weighted by atomic mass is 10.1. The van der Waals surface area contributed by atoms with Crippen LogP contribution in [-0.2, 0) is 42.9 Å². The lowest BCUT2D eigenvalue weighted by molar-refractivity contribution is -0.152. The molecule has 1 heterocycles. The molecule has 1 atom stereocenters. The molecule has 2 aromatic rings. The van der Waals surface area contributed by atoms with Crippen LogP contribution in [0.5, 0.6) is 0 Å². The summed E-state index contributed by atoms with van der Waals surface area (Å²) in [5, 5.41) is 2.47. The van der Waals surface area contributed by atoms with Gasteiger partial charge in [-0.05, 0) is 35.7 Å². The number of nitrogens with one attached hydrogen (secondary N) is 1. The zero-order chi connectivity index (χ0) is 28.7. The van der Waals surface area contributed by atoms with Gasteiger partial charge in [0.2, 0.25) is 5.91 Å². The third-order valence-electron chi connectivity index (χ3n) is 6.13. The predicted octanol–water partition coefficient (Wildman–Crippen LogP) is 1.97. The summed E-state index contributed by atoms with van der Waals surface area (Å²) in [6.07, 6.45) is 0.676. The summed E-state index contributed by atoms with van der Waals surface area (Å²) in [5.41, 5.74) is 5.98. The van der Waals surface area contributed by atoms with Crippen molar-refractivity contribution in [3.8, 4) is 0 Å². The Morgan fingerprint density at radius 3 is 2.56 bits per heavy atom. The summed E-state index contributed by atoms with van der Waals surface area (Å²) in [5.74, 6) is -6.99. The lowest BCUT2D eigenvalue weighted by Crippen LogP contribution is -2.48. The SMILES string of the molecule is CN(COC(=O)CN)C(=O)C(CCC=O)N1Cc2cc(CNC(=O)C(F)(F)c3ccc(Cl)cc3)ccc2C1=O. The number of nitrogens with two attached hydrogens (primary N) is 1. The van der Waals surface area contributed by atoms with E-state index in [1.165, 1.54) is 36.2 Å². The van der Waals surface area contributed by atoms with Crippen molar-refractivity contribution < 1.29 is 37.5 Å². The van der Waals surface area contributed by atoms with Gasteiger partial charge in [0, 0.05) is 42.7 Å². The minimum atomic E-state index is -3.79. The number of nitrogens with zero attached hydrogens (tertiary/aromatic N) is 2. The first kappa shape index (κ1) is 29.7. The molecule has 208 valence electrons. The van der Waals surface area contributed by atoms with Gasteiger partial charge in [-0.3, -0.25) is 19.2 Å². The number of ether oxygens (including phenoxy) is 1. The molecule has 0 spiro atoms. The standard InChI is InChI=1S/C26H27ClF2N4O6/c1-32(15-39-22(35)12-30)24(37)21(3-2-10-34)33-14-17-11-16(4-9-20(17)23(33)36)13-31-25(38)26(28,29)18-5-7-19(27)8-6-18/h4-11,21H,2-3,12-15,30H2,1H3,(H,31,38). The summed E-state index contributed by atoms with van der Waals surface area (Å²) in [6, 6.07) is 8.24. The number of alkyl halides is 2. The van der Waals surface area contributed by atoms with Crippen LogP contribution in [0, 0.1) is 0 Å². The van der Waals surface area contributed by atoms with Crippen molar-refractivity contribution in [2.75, 3.05) is 20.3 Å². The highest BCUT2D eigenvalue weighted by molar-refractivity contribution is 6.30. The summed E-state index contributed by atoms with van der Waals surface area (Å²) < 4.78 is 34.0. The first-order chi connectivity index (χ1) is 18.5. The van der Waals surface area contributed by atoms with E-state index in [0.717, 1.165) is 17.0 Å². The molecule has 39 heavy (non-hydrogen) atoms. The van der Waals surface area contributed by atoms with Gasteiger partial charge in [0.15, 0.2) is 6.73 Å². The molecule has 1 aliphatic heterocycles. The highest BCUT2D eigenvalue weighted by Gasteiger charge is 2.41. The van der Waals surface area contributed by atoms with Gasteiger partial charge in [-0.25, -0.2) is 0 Å². The number of hydrogen-bond acceptors (Lipinski definition) is 7. The quantitative estimate of drug-likeness (QED) is 0.228. The fraction of sp³-hybridized carbons (Fsp3) is 0.346. The topological polar surface area (TPSA) is 139 Å². The molecule has 0 radical (unpaired) electrons. The predicted molar refractivity (Wildman–Crippen MR) is 135 cm³/mol. The maximum Gasteiger partial charge on any atom is 0.349 e. The molecule has 0 saturated heterocycles. The highest BCUT2D eigenvalue weighted by Crippen LogP contribution is 2.30. The maximum absolute atomic E-state index is 14.6. The Morgan fingerprint density at radius 1 is 1.23 bits per heavy atom. The van der Waals surface area contributed by atoms with Crippen LogP contribution in [0.2, 0.25) is 5.02 Å². The number of aldehydes is 1. The van der Waals surface area contributed by atoms with Gasteiger partial charge in [0.1, 0.15) is 12.3 Å². The van der Waals surface area contributed by atoms with E-state index < -0.39 is 41.2 Å². The van der Waals surface area contributed by atoms with Gasteiger partial charge in [-0.15, -0.1) is 0 Å². The Hall–Kier alpha value is -3.90. The van der Waals surface area contributed by atoms with Crippen molar-refractivity contribution in [1.82, 2.24) is 15.1 Å². The summed E-state index contributed by atoms with van der Waals surface area (Å²) in [4.78, 5) is 63.2. The van der Waals surface area contributed by atoms with Crippen molar-refractivity contribution in [1.29, 1.82) is 0 Å². The molecule has 3 N–H and O–H groups in total. The average molecular weight is 565 g/mol. The van der Waals surface area contributed by atoms with Crippen LogP contribution >= 0.6 is 11.6 Å². The van der Waals surface area contributed by atoms with Crippen LogP contribution < -0.4 is 11.1 Å². The summed E-state index contributed by atoms with van der Waals surface area (Å²) >= 11 is 5.73. The molecular formula is C26H27ClF2N4O6. The molecule has 10 nitrogen and oxygen atoms in total. The average Bonchev–Trinajstić information content (AvgIpc) is 3.25. The number of benzene rings is 2. The monoisotopic (exact) mass is 564 g/mol. The van der Waals surface area contributed by atoms with Gasteiger partial charge in [0.25, 0.3) is 11.8 Å². The first-order valence-corrected chi connectivity index (χ1v) is 12.3. The minimum Gasteiger partial charge on any atom is -0.443 e. The highest BCUT2D eigenvalue weighted by atomic mass is 35.5. The van der Waals surface area contributed by atoms with Crippen molar-refractivity contribution in [3.63, 3.8) is 0 Å². The van der Waals surface area contributed by atoms with Gasteiger partial charge in [-0.2, -0.15) is 8.78 Å². The number of halogens is 3. The fourth-order valence-corrected chi connectivity index (χ4v) is 4.15. The van der Waals surface area contributed by atoms with Gasteiger partial charge < -0.3 is 30.4 Å². The van der Waals surface area contributed by atoms with Crippen LogP contribution in [0.15, 0.2) is 42.5 Å². The Kier molecular flexibility index (Phi) is 9.71. The Labute approximate surface area is 228 Å². The minimum absolute atomic E-state index is 0.00602. The van der Waals surface area contributed by atoms with E-state index in [1.54, 1.807) is 6.07 Å². The number of carbonyl (C=O) groups excluding carboxylic acids is 5. The Bertz CT molecular complexity index is 1260. The number of rotatable bonds is 12. The third kappa shape index (κ3) is 6.95. The van der Waals surface area contributed by atoms with Crippen LogP contribution in [-0.4, -0.2) is 66.1 Å². The van der Waals surface area contributed by atoms with Gasteiger partial charge in [-0.1, -0.05) is 35.9 Å². The van der Waals surface area contributed by atoms with Crippen molar-refractivity contribution >= 4 is 41.6 Å². The number of fused-ring (bicyclic) bond motifs is 1. The second kappa shape index (κ2) is 12.8. The second-order valence-corrected chi connectivity index (χ2v) is 9.27. The smallest absolute Gasteiger partial charge is 0.349 e. The van der Waals surface area contributed by atoms with E-state index in [9.17, 15) is 32.8 Å². The molecule has 2 aromatic carbocycles. The molecule has 1 unspecified atom stereocenters. The molecule has 0 fully saturated rings. The van der Waals surface area contributed by atoms with Crippen LogP contribution in [0.4, 0.5) is 8.78 Å². The number of likely N-dealkylation sites (N-methyl/N-ethyl adjacent to an activating group) is 1. The Morgan fingerprint density at radius 2 is 1.92 bits per heavy atom. The molecule has 0 bridgehead atoms. The molecule has 3 rings (SSSR count). The molecule has 0 aromatic heterocycles. The van der Waals surface area contributed by atoms with Crippen molar-refractivity contribution in [3.05, 3.63) is 69.7 Å². The molecule has 0 aliphatic carbocycles. The lowest BCUT2D eigenvalue weighted by Gasteiger charge is -2.30. The van der Waals surface area contributed by atoms with E-state index in [4.69, 9.17) is 22.1 Å². The van der Waals surface area contributed by atoms with E-state index >= 15 is 0 Å². The fourth-order valence-electron chi connectivity index (χ4n) is 4.03. The molecule has 13 heteroatoms. The number of carbonyl (C=O) groups is 5. The van der Waals surface area contributed by atoms with Crippen LogP contribution in [0.1, 0.15) is 39.9 Å². The maximum atomic E-state index is 14.6. The first-order valence-electron chi connectivity index (χ1n) is 11.9. The van der Waals surface area contributed by atoms with Crippen LogP contribution in [0.3, 0.4) is 0 Å². The summed E-state index contributed by atoms with van der Waals surface area (Å²) in [7, 11) is 1.38. The molecule has 0 saturated carbocycles. The number of esters is 1. The zero-order valence-corrected chi connectivity index (χ0v) is 21.7. The second-order valence-electron chi connectivity index (χ2n) is 8.83. The van der Waals surface area contributed by atoms with Gasteiger partial charge in [0.05, 0.1) is 6.54 Å². The van der Waals surface area contributed by atoms with E-state index in [0.29, 0.717) is 23.0 Å². The largest absolute Gasteiger partial charge is 0.443 e. The summed E-state index contributed by atoms with van der Waals surface area (Å²) in [6.45, 7) is -0.959. The van der Waals surface area contributed by atoms with Gasteiger partial charge >= 0.3 is 11.9 Å².